The van der Waals surface area contributed by atoms with Crippen molar-refractivity contribution >= 4 is 131 Å². The molecule has 3 heterocycles. The van der Waals surface area contributed by atoms with Gasteiger partial charge in [0, 0.05) is 102 Å². The monoisotopic (exact) mass is 1980 g/mol. The van der Waals surface area contributed by atoms with Crippen LogP contribution >= 0.6 is 0 Å². The summed E-state index contributed by atoms with van der Waals surface area (Å²) in [6.07, 6.45) is 1.06. The number of aryl methyl sites for hydroxylation is 8. The number of methoxy groups -OCH3 is 4. The first-order chi connectivity index (χ1) is 66.1. The Morgan fingerprint density at radius 2 is 0.691 bits per heavy atom. The molecule has 38 heteroatoms. The Labute approximate surface area is 807 Å². The third-order valence-electron chi connectivity index (χ3n) is 22.0. The lowest BCUT2D eigenvalue weighted by Crippen LogP contribution is -2.40. The zero-order chi connectivity index (χ0) is 99.8. The molecule has 12 aromatic rings. The second-order valence-corrected chi connectivity index (χ2v) is 36.9. The van der Waals surface area contributed by atoms with Crippen molar-refractivity contribution in [2.45, 2.75) is 98.6 Å². The summed E-state index contributed by atoms with van der Waals surface area (Å²) in [4.78, 5) is 77.0. The average molecular weight is 1980 g/mol. The van der Waals surface area contributed by atoms with Crippen molar-refractivity contribution < 1.29 is 158 Å². The van der Waals surface area contributed by atoms with Crippen LogP contribution < -0.4 is 42.1 Å². The van der Waals surface area contributed by atoms with E-state index in [2.05, 4.69) is 0 Å². The summed E-state index contributed by atoms with van der Waals surface area (Å²) in [6.45, 7) is 14.7. The van der Waals surface area contributed by atoms with Gasteiger partial charge in [-0.05, 0) is 167 Å². The van der Waals surface area contributed by atoms with Gasteiger partial charge in [0.1, 0.15) is 68.0 Å². The number of amides is 1. The predicted octanol–water partition coefficient (Wildman–Crippen LogP) is 12.9. The lowest BCUT2D eigenvalue weighted by molar-refractivity contribution is -0.645. The molecular weight excluding hydrogens is 1860 g/mol. The number of carboxylic acids is 3. The maximum atomic E-state index is 14.4. The molecule has 0 unspecified atom stereocenters. The van der Waals surface area contributed by atoms with Gasteiger partial charge in [-0.15, -0.1) is 0 Å². The molecule has 0 fully saturated rings. The van der Waals surface area contributed by atoms with Crippen molar-refractivity contribution in [1.29, 1.82) is 0 Å². The quantitative estimate of drug-likeness (QED) is 0.00796. The van der Waals surface area contributed by atoms with Crippen LogP contribution in [0, 0.1) is 34.6 Å². The third kappa shape index (κ3) is 30.7. The molecule has 0 aliphatic rings. The second-order valence-electron chi connectivity index (χ2n) is 32.0. The van der Waals surface area contributed by atoms with Crippen LogP contribution in [-0.2, 0) is 93.1 Å². The smallest absolute Gasteiger partial charge is 0.345 e. The summed E-state index contributed by atoms with van der Waals surface area (Å²) in [5, 5.41) is 31.0. The minimum Gasteiger partial charge on any atom is -0.748 e. The van der Waals surface area contributed by atoms with Gasteiger partial charge in [0.25, 0.3) is 15.9 Å². The van der Waals surface area contributed by atoms with E-state index < -0.39 is 77.5 Å². The number of sulfonamides is 1. The number of ether oxygens (including phenoxy) is 14. The fraction of sp³-hybridized carbons (Fsp3) is 0.376. The number of hydrogen-bond donors (Lipinski definition) is 3. The summed E-state index contributed by atoms with van der Waals surface area (Å²) in [7, 11) is -4.88. The number of carbonyl (C=O) groups is 6. The Morgan fingerprint density at radius 3 is 1.02 bits per heavy atom. The molecule has 0 aliphatic heterocycles. The molecular formula is C101H119N4O31S3+. The first kappa shape index (κ1) is 110. The number of aromatic nitrogens is 3. The molecule has 0 spiro atoms. The maximum absolute atomic E-state index is 14.4. The first-order valence-electron chi connectivity index (χ1n) is 44.4. The Morgan fingerprint density at radius 1 is 0.367 bits per heavy atom. The molecule has 1 amide bonds. The second kappa shape index (κ2) is 53.0. The fourth-order valence-electron chi connectivity index (χ4n) is 15.5. The molecule has 12 rings (SSSR count). The van der Waals surface area contributed by atoms with Gasteiger partial charge < -0.3 is 90.7 Å². The van der Waals surface area contributed by atoms with Crippen molar-refractivity contribution in [3.05, 3.63) is 225 Å². The van der Waals surface area contributed by atoms with Crippen molar-refractivity contribution in [2.75, 3.05) is 152 Å². The number of fused-ring (bicyclic) bond motifs is 6. The van der Waals surface area contributed by atoms with E-state index in [0.29, 0.717) is 216 Å². The van der Waals surface area contributed by atoms with E-state index in [1.807, 2.05) is 64.1 Å². The van der Waals surface area contributed by atoms with Crippen molar-refractivity contribution in [3.8, 4) is 34.5 Å². The number of unbranched alkanes of at least 4 members (excludes halogenated alkanes) is 2. The van der Waals surface area contributed by atoms with Crippen LogP contribution in [0.2, 0.25) is 0 Å². The molecule has 0 saturated carbocycles. The van der Waals surface area contributed by atoms with Gasteiger partial charge in [-0.1, -0.05) is 55.8 Å². The van der Waals surface area contributed by atoms with E-state index in [1.165, 1.54) is 36.4 Å². The Balaban J connectivity index is 0.000000233. The zero-order valence-corrected chi connectivity index (χ0v) is 81.0. The van der Waals surface area contributed by atoms with Crippen LogP contribution in [0.25, 0.3) is 65.4 Å². The summed E-state index contributed by atoms with van der Waals surface area (Å²) in [6, 6.07) is 47.4. The minimum absolute atomic E-state index is 0. The van der Waals surface area contributed by atoms with E-state index in [0.717, 1.165) is 20.9 Å². The van der Waals surface area contributed by atoms with Gasteiger partial charge in [-0.3, -0.25) is 9.59 Å². The molecule has 35 nitrogen and oxygen atoms in total. The molecule has 0 radical (unpaired) electrons. The number of carbonyl (C=O) groups excluding carboxylic acids is 3. The number of para-hydroxylation sites is 2. The van der Waals surface area contributed by atoms with Crippen molar-refractivity contribution in [3.63, 3.8) is 0 Å². The lowest BCUT2D eigenvalue weighted by Gasteiger charge is -2.24. The van der Waals surface area contributed by atoms with Crippen LogP contribution in [0.4, 0.5) is 0 Å². The van der Waals surface area contributed by atoms with Crippen LogP contribution in [0.3, 0.4) is 0 Å². The summed E-state index contributed by atoms with van der Waals surface area (Å²) < 4.78 is 181. The topological polar surface area (TPSA) is 456 Å². The average Bonchev–Trinajstić information content (AvgIpc) is 0.744. The molecule has 3 aromatic heterocycles. The van der Waals surface area contributed by atoms with Crippen LogP contribution in [0.15, 0.2) is 175 Å². The highest BCUT2D eigenvalue weighted by Crippen LogP contribution is 2.38. The number of nitrogens with zero attached hydrogens (tertiary/aromatic N) is 4. The molecule has 139 heavy (non-hydrogen) atoms. The van der Waals surface area contributed by atoms with Gasteiger partial charge in [0.15, 0.2) is 13.1 Å². The Bertz CT molecular complexity index is 6440. The normalized spacial score (nSPS) is 11.5. The molecule has 746 valence electrons. The van der Waals surface area contributed by atoms with Gasteiger partial charge >= 0.3 is 29.8 Å². The maximum Gasteiger partial charge on any atom is 0.345 e. The fourth-order valence-corrected chi connectivity index (χ4v) is 17.9. The number of aliphatic carboxylic acids is 1. The van der Waals surface area contributed by atoms with Crippen LogP contribution in [0.1, 0.15) is 126 Å². The number of rotatable bonds is 51. The molecule has 0 saturated heterocycles. The van der Waals surface area contributed by atoms with Crippen molar-refractivity contribution in [2.24, 2.45) is 7.05 Å². The number of pyridine rings is 3. The zero-order valence-electron chi connectivity index (χ0n) is 78.5. The van der Waals surface area contributed by atoms with Gasteiger partial charge in [0.05, 0.1) is 165 Å². The SMILES string of the molecule is C.COCCOCCOc1ccc2c(c1)c(C(=O)Oc1c(C)cc(C(=O)O)cc1C)c1cc(OCCOCCOC)ccc1[n+]2C.COCCOCCOc1ccc2c(c1)c(C(=O)Oc1c(C)cc(C(=O)O)cc1C)c1cc(OCCOCCOC)ccc1[n+]2CCCS(=O)(=O)[O-].Cc1ccc(S(=O)(=O)N(CCCCCC(=O)O)C(=O)c2c3ccccc3[n+](CCCS(=O)(=O)[O-])c3ccccc23)cc1. The van der Waals surface area contributed by atoms with E-state index in [1.54, 1.807) is 153 Å². The van der Waals surface area contributed by atoms with Gasteiger partial charge in [-0.25, -0.2) is 48.7 Å². The number of aromatic carboxylic acids is 2. The number of hydrogen-bond acceptors (Lipinski definition) is 28. The number of benzene rings is 9. The van der Waals surface area contributed by atoms with E-state index >= 15 is 0 Å². The Hall–Kier alpha value is -12.5. The summed E-state index contributed by atoms with van der Waals surface area (Å²) in [5.74, 6) is -3.79. The van der Waals surface area contributed by atoms with Crippen molar-refractivity contribution in [1.82, 2.24) is 4.31 Å². The molecule has 0 atom stereocenters. The number of carboxylic acid groups (broad SMARTS) is 3. The van der Waals surface area contributed by atoms with Crippen LogP contribution in [-0.4, -0.2) is 242 Å². The van der Waals surface area contributed by atoms with Gasteiger partial charge in [-0.2, -0.15) is 13.7 Å². The highest BCUT2D eigenvalue weighted by atomic mass is 32.2. The molecule has 9 aromatic carbocycles. The molecule has 0 aliphatic carbocycles. The Kier molecular flexibility index (Phi) is 42.0. The highest BCUT2D eigenvalue weighted by Gasteiger charge is 2.36. The summed E-state index contributed by atoms with van der Waals surface area (Å²) in [5.41, 5.74) is 7.50. The molecule has 0 bridgehead atoms. The van der Waals surface area contributed by atoms with Crippen LogP contribution in [0.5, 0.6) is 34.5 Å². The predicted molar refractivity (Wildman–Crippen MR) is 515 cm³/mol. The lowest BCUT2D eigenvalue weighted by atomic mass is 10.0. The first-order valence-corrected chi connectivity index (χ1v) is 49.0. The van der Waals surface area contributed by atoms with E-state index in [4.69, 9.17) is 71.4 Å². The minimum atomic E-state index is -4.48. The van der Waals surface area contributed by atoms with E-state index in [-0.39, 0.29) is 98.9 Å². The highest BCUT2D eigenvalue weighted by molar-refractivity contribution is 7.89. The largest absolute Gasteiger partial charge is 0.748 e. The standard InChI is InChI=1S/C36H43NO13S.C34H39NO10.C30H32N2O8S2.CH4/c1-24-20-26(35(38)39)21-25(2)34(24)50-36(40)33-29-22-27(48-17-15-46-13-11-44-3)6-8-31(29)37(10-5-19-51(41,42)43)32-9-7-28(23-30(32)33)49-18-16-47-14-12-45-4;1-22-18-24(33(36)37)19-23(2)32(22)45-34(38)31-27-20-25(43-16-14-41-12-10-39-4)6-8-29(27)35(3)30-9-7-26(21-28(30)31)44-17-15-42-13-11-40-5;1-22-15-17-23(18-16-22)42(39,40)32(20-8-2-3-14-28(33)34)30(35)29-24-10-4-6-12-26(24)31(19-9-21-41(36,37)38)27-13-7-5-11-25(27)29;/h6-9,20-23H,5,10-19H2,1-4H3,(H-,38,39,41,42,43);6-9,18-21H,10-17H2,1-5H3;4-7,10-13,15-18H,2-3,8-9,14,19-21H2,1H3,(H-,33,34,36,37,38);1H4/p+1. The third-order valence-corrected chi connectivity index (χ3v) is 25.3. The molecule has 3 N–H and O–H groups in total. The van der Waals surface area contributed by atoms with Gasteiger partial charge in [0.2, 0.25) is 33.1 Å². The van der Waals surface area contributed by atoms with E-state index in [9.17, 15) is 73.3 Å². The summed E-state index contributed by atoms with van der Waals surface area (Å²) >= 11 is 0. The number of esters is 2.